The summed E-state index contributed by atoms with van der Waals surface area (Å²) in [6.45, 7) is 0.787. The second-order valence-electron chi connectivity index (χ2n) is 6.05. The van der Waals surface area contributed by atoms with E-state index in [2.05, 4.69) is 0 Å². The fraction of sp³-hybridized carbons (Fsp3) is 0.588. The predicted molar refractivity (Wildman–Crippen MR) is 84.5 cm³/mol. The van der Waals surface area contributed by atoms with Gasteiger partial charge in [0.1, 0.15) is 11.2 Å². The Balaban J connectivity index is 1.61. The van der Waals surface area contributed by atoms with Gasteiger partial charge in [-0.15, -0.1) is 11.8 Å². The Bertz CT molecular complexity index is 501. The summed E-state index contributed by atoms with van der Waals surface area (Å²) in [6.07, 6.45) is 6.90. The number of carbonyl (C=O) groups is 1. The summed E-state index contributed by atoms with van der Waals surface area (Å²) in [7, 11) is 0. The summed E-state index contributed by atoms with van der Waals surface area (Å²) in [5.74, 6) is 1.70. The second-order valence-corrected chi connectivity index (χ2v) is 7.24. The molecule has 0 N–H and O–H groups in total. The number of hydrogen-bond donors (Lipinski definition) is 0. The molecule has 0 spiro atoms. The van der Waals surface area contributed by atoms with E-state index < -0.39 is 0 Å². The molecule has 0 bridgehead atoms. The van der Waals surface area contributed by atoms with Crippen LogP contribution in [0.1, 0.15) is 49.5 Å². The molecule has 2 fully saturated rings. The zero-order valence-electron chi connectivity index (χ0n) is 12.3. The Morgan fingerprint density at radius 1 is 1.33 bits per heavy atom. The van der Waals surface area contributed by atoms with Gasteiger partial charge in [-0.25, -0.2) is 4.39 Å². The van der Waals surface area contributed by atoms with Crippen molar-refractivity contribution in [1.82, 2.24) is 4.90 Å². The number of nitrogens with zero attached hydrogens (tertiary/aromatic N) is 1. The van der Waals surface area contributed by atoms with Crippen molar-refractivity contribution >= 4 is 17.7 Å². The fourth-order valence-corrected chi connectivity index (χ4v) is 4.70. The lowest BCUT2D eigenvalue weighted by molar-refractivity contribution is -0.131. The fourth-order valence-electron chi connectivity index (χ4n) is 3.43. The molecule has 0 aromatic heterocycles. The highest BCUT2D eigenvalue weighted by Gasteiger charge is 2.31. The molecule has 2 nitrogen and oxygen atoms in total. The molecule has 1 saturated heterocycles. The Kier molecular flexibility index (Phi) is 4.84. The molecule has 2 aliphatic rings. The Morgan fingerprint density at radius 2 is 2.14 bits per heavy atom. The summed E-state index contributed by atoms with van der Waals surface area (Å²) in [5, 5.41) is -0.00298. The van der Waals surface area contributed by atoms with Gasteiger partial charge >= 0.3 is 0 Å². The van der Waals surface area contributed by atoms with Gasteiger partial charge in [0.25, 0.3) is 0 Å². The number of benzene rings is 1. The first-order chi connectivity index (χ1) is 10.2. The Morgan fingerprint density at radius 3 is 2.90 bits per heavy atom. The molecule has 1 aliphatic heterocycles. The van der Waals surface area contributed by atoms with Gasteiger partial charge in [0.15, 0.2) is 0 Å². The maximum Gasteiger partial charge on any atom is 0.223 e. The molecule has 1 aromatic rings. The number of rotatable bonds is 4. The lowest BCUT2D eigenvalue weighted by Crippen LogP contribution is -2.30. The number of carbonyl (C=O) groups excluding carboxylic acids is 1. The van der Waals surface area contributed by atoms with Crippen molar-refractivity contribution in [2.24, 2.45) is 5.92 Å². The van der Waals surface area contributed by atoms with Crippen LogP contribution in [0.5, 0.6) is 0 Å². The molecule has 21 heavy (non-hydrogen) atoms. The third-order valence-corrected chi connectivity index (χ3v) is 5.85. The van der Waals surface area contributed by atoms with E-state index in [0.717, 1.165) is 30.2 Å². The van der Waals surface area contributed by atoms with Crippen LogP contribution < -0.4 is 0 Å². The topological polar surface area (TPSA) is 20.3 Å². The number of hydrogen-bond acceptors (Lipinski definition) is 2. The molecule has 1 aromatic carbocycles. The first-order valence-electron chi connectivity index (χ1n) is 7.90. The summed E-state index contributed by atoms with van der Waals surface area (Å²) >= 11 is 1.74. The maximum atomic E-state index is 13.4. The molecule has 1 saturated carbocycles. The van der Waals surface area contributed by atoms with Gasteiger partial charge < -0.3 is 4.90 Å². The Labute approximate surface area is 130 Å². The van der Waals surface area contributed by atoms with Crippen molar-refractivity contribution in [2.75, 3.05) is 12.3 Å². The highest BCUT2D eigenvalue weighted by atomic mass is 32.2. The van der Waals surface area contributed by atoms with Crippen molar-refractivity contribution in [3.05, 3.63) is 35.6 Å². The zero-order valence-corrected chi connectivity index (χ0v) is 13.1. The SMILES string of the molecule is O=C(CCC1CCCC1)N1CCSC1c1cccc(F)c1. The van der Waals surface area contributed by atoms with Crippen molar-refractivity contribution in [1.29, 1.82) is 0 Å². The van der Waals surface area contributed by atoms with E-state index in [1.807, 2.05) is 11.0 Å². The molecule has 4 heteroatoms. The summed E-state index contributed by atoms with van der Waals surface area (Å²) in [6, 6.07) is 6.66. The van der Waals surface area contributed by atoms with Crippen LogP contribution in [-0.2, 0) is 4.79 Å². The minimum atomic E-state index is -0.224. The van der Waals surface area contributed by atoms with Crippen LogP contribution in [0.2, 0.25) is 0 Å². The van der Waals surface area contributed by atoms with Crippen molar-refractivity contribution in [3.63, 3.8) is 0 Å². The van der Waals surface area contributed by atoms with Crippen LogP contribution >= 0.6 is 11.8 Å². The van der Waals surface area contributed by atoms with Crippen LogP contribution in [-0.4, -0.2) is 23.1 Å². The van der Waals surface area contributed by atoms with Gasteiger partial charge in [-0.3, -0.25) is 4.79 Å². The summed E-state index contributed by atoms with van der Waals surface area (Å²) in [4.78, 5) is 14.4. The van der Waals surface area contributed by atoms with Crippen LogP contribution in [0.3, 0.4) is 0 Å². The van der Waals surface area contributed by atoms with Crippen LogP contribution in [0.4, 0.5) is 4.39 Å². The van der Waals surface area contributed by atoms with E-state index in [1.165, 1.54) is 31.7 Å². The van der Waals surface area contributed by atoms with Crippen molar-refractivity contribution < 1.29 is 9.18 Å². The normalized spacial score (nSPS) is 22.9. The van der Waals surface area contributed by atoms with E-state index in [9.17, 15) is 9.18 Å². The highest BCUT2D eigenvalue weighted by Crippen LogP contribution is 2.39. The number of amides is 1. The average Bonchev–Trinajstić information content (AvgIpc) is 3.16. The third kappa shape index (κ3) is 3.60. The van der Waals surface area contributed by atoms with Gasteiger partial charge in [0.2, 0.25) is 5.91 Å². The lowest BCUT2D eigenvalue weighted by atomic mass is 10.0. The van der Waals surface area contributed by atoms with Crippen molar-refractivity contribution in [3.8, 4) is 0 Å². The lowest BCUT2D eigenvalue weighted by Gasteiger charge is -2.24. The van der Waals surface area contributed by atoms with E-state index in [1.54, 1.807) is 23.9 Å². The second kappa shape index (κ2) is 6.82. The van der Waals surface area contributed by atoms with Gasteiger partial charge in [0, 0.05) is 18.7 Å². The average molecular weight is 307 g/mol. The van der Waals surface area contributed by atoms with E-state index in [0.29, 0.717) is 6.42 Å². The molecule has 1 unspecified atom stereocenters. The van der Waals surface area contributed by atoms with Gasteiger partial charge in [-0.2, -0.15) is 0 Å². The van der Waals surface area contributed by atoms with Gasteiger partial charge in [-0.05, 0) is 30.0 Å². The van der Waals surface area contributed by atoms with Gasteiger partial charge in [0.05, 0.1) is 0 Å². The standard InChI is InChI=1S/C17H22FNOS/c18-15-7-3-6-14(12-15)17-19(10-11-21-17)16(20)9-8-13-4-1-2-5-13/h3,6-7,12-13,17H,1-2,4-5,8-11H2. The van der Waals surface area contributed by atoms with E-state index in [-0.39, 0.29) is 17.1 Å². The highest BCUT2D eigenvalue weighted by molar-refractivity contribution is 7.99. The zero-order chi connectivity index (χ0) is 14.7. The first-order valence-corrected chi connectivity index (χ1v) is 8.95. The molecule has 0 radical (unpaired) electrons. The molecule has 1 atom stereocenters. The number of halogens is 1. The van der Waals surface area contributed by atoms with Crippen molar-refractivity contribution in [2.45, 2.75) is 43.9 Å². The Hall–Kier alpha value is -1.03. The van der Waals surface area contributed by atoms with Gasteiger partial charge in [-0.1, -0.05) is 37.8 Å². The minimum absolute atomic E-state index is 0.00298. The quantitative estimate of drug-likeness (QED) is 0.823. The third-order valence-electron chi connectivity index (χ3n) is 4.59. The molecular weight excluding hydrogens is 285 g/mol. The smallest absolute Gasteiger partial charge is 0.223 e. The maximum absolute atomic E-state index is 13.4. The van der Waals surface area contributed by atoms with Crippen LogP contribution in [0.15, 0.2) is 24.3 Å². The first kappa shape index (κ1) is 14.9. The van der Waals surface area contributed by atoms with Crippen LogP contribution in [0.25, 0.3) is 0 Å². The predicted octanol–water partition coefficient (Wildman–Crippen LogP) is 4.37. The largest absolute Gasteiger partial charge is 0.326 e. The number of thioether (sulfide) groups is 1. The summed E-state index contributed by atoms with van der Waals surface area (Å²) < 4.78 is 13.4. The van der Waals surface area contributed by atoms with Crippen LogP contribution in [0, 0.1) is 11.7 Å². The summed E-state index contributed by atoms with van der Waals surface area (Å²) in [5.41, 5.74) is 0.909. The molecule has 3 rings (SSSR count). The molecule has 114 valence electrons. The monoisotopic (exact) mass is 307 g/mol. The van der Waals surface area contributed by atoms with E-state index in [4.69, 9.17) is 0 Å². The molecule has 1 aliphatic carbocycles. The molecule has 1 amide bonds. The molecular formula is C17H22FNOS. The van der Waals surface area contributed by atoms with E-state index >= 15 is 0 Å². The minimum Gasteiger partial charge on any atom is -0.326 e. The molecule has 1 heterocycles.